The van der Waals surface area contributed by atoms with Crippen molar-refractivity contribution in [3.05, 3.63) is 66.2 Å². The Balaban J connectivity index is 1.81. The zero-order valence-corrected chi connectivity index (χ0v) is 31.0. The van der Waals surface area contributed by atoms with Crippen molar-refractivity contribution in [3.63, 3.8) is 0 Å². The second kappa shape index (κ2) is 22.4. The van der Waals surface area contributed by atoms with Crippen LogP contribution in [0, 0.1) is 11.8 Å². The summed E-state index contributed by atoms with van der Waals surface area (Å²) in [7, 11) is 1.56. The van der Waals surface area contributed by atoms with Gasteiger partial charge in [-0.3, -0.25) is 14.4 Å². The highest BCUT2D eigenvalue weighted by atomic mass is 16.6. The first-order valence-corrected chi connectivity index (χ1v) is 18.0. The topological polar surface area (TPSA) is 193 Å². The summed E-state index contributed by atoms with van der Waals surface area (Å²) in [6.07, 6.45) is 2.32. The van der Waals surface area contributed by atoms with Crippen LogP contribution in [0.5, 0.6) is 0 Å². The minimum atomic E-state index is -1.17. The highest BCUT2D eigenvalue weighted by Gasteiger charge is 2.32. The lowest BCUT2D eigenvalue weighted by molar-refractivity contribution is -0.131. The Hall–Kier alpha value is -4.53. The monoisotopic (exact) mass is 724 g/mol. The molecule has 0 aliphatic rings. The van der Waals surface area contributed by atoms with Crippen molar-refractivity contribution < 1.29 is 38.5 Å². The first-order chi connectivity index (χ1) is 25.0. The summed E-state index contributed by atoms with van der Waals surface area (Å²) in [5.74, 6) is -1.14. The number of H-pyrrole nitrogens is 1. The molecule has 14 nitrogen and oxygen atoms in total. The van der Waals surface area contributed by atoms with E-state index < -0.39 is 42.1 Å². The molecule has 0 fully saturated rings. The highest BCUT2D eigenvalue weighted by molar-refractivity contribution is 5.93. The van der Waals surface area contributed by atoms with Gasteiger partial charge < -0.3 is 45.6 Å². The van der Waals surface area contributed by atoms with Crippen molar-refractivity contribution in [1.29, 1.82) is 0 Å². The van der Waals surface area contributed by atoms with Crippen LogP contribution in [0.1, 0.15) is 58.2 Å². The summed E-state index contributed by atoms with van der Waals surface area (Å²) in [5, 5.41) is 24.3. The van der Waals surface area contributed by atoms with Crippen LogP contribution in [0.2, 0.25) is 0 Å². The zero-order chi connectivity index (χ0) is 37.9. The van der Waals surface area contributed by atoms with E-state index in [1.165, 1.54) is 6.33 Å². The van der Waals surface area contributed by atoms with Crippen molar-refractivity contribution in [1.82, 2.24) is 31.2 Å². The molecular formula is C38H56N6O8. The van der Waals surface area contributed by atoms with Crippen molar-refractivity contribution in [3.8, 4) is 0 Å². The van der Waals surface area contributed by atoms with Crippen molar-refractivity contribution >= 4 is 34.6 Å². The van der Waals surface area contributed by atoms with Gasteiger partial charge >= 0.3 is 6.09 Å². The number of ether oxygens (including phenoxy) is 3. The zero-order valence-electron chi connectivity index (χ0n) is 31.0. The van der Waals surface area contributed by atoms with Gasteiger partial charge in [0.25, 0.3) is 0 Å². The number of nitrogens with zero attached hydrogens (tertiary/aromatic N) is 1. The molecule has 14 heteroatoms. The molecule has 1 heterocycles. The average Bonchev–Trinajstić information content (AvgIpc) is 3.64. The van der Waals surface area contributed by atoms with E-state index in [0.29, 0.717) is 37.8 Å². The van der Waals surface area contributed by atoms with Crippen LogP contribution >= 0.6 is 0 Å². The third-order valence-electron chi connectivity index (χ3n) is 8.66. The van der Waals surface area contributed by atoms with E-state index in [9.17, 15) is 24.3 Å². The molecule has 52 heavy (non-hydrogen) atoms. The van der Waals surface area contributed by atoms with Gasteiger partial charge in [-0.15, -0.1) is 0 Å². The number of aliphatic hydroxyl groups excluding tert-OH is 1. The van der Waals surface area contributed by atoms with Gasteiger partial charge in [-0.25, -0.2) is 9.78 Å². The summed E-state index contributed by atoms with van der Waals surface area (Å²) < 4.78 is 15.6. The van der Waals surface area contributed by atoms with Crippen LogP contribution in [0.3, 0.4) is 0 Å². The number of benzene rings is 2. The molecule has 0 radical (unpaired) electrons. The number of amides is 4. The van der Waals surface area contributed by atoms with Gasteiger partial charge in [0.15, 0.2) is 0 Å². The van der Waals surface area contributed by atoms with Crippen LogP contribution in [0.15, 0.2) is 55.0 Å². The quantitative estimate of drug-likeness (QED) is 0.0798. The number of methoxy groups -OCH3 is 1. The van der Waals surface area contributed by atoms with E-state index in [2.05, 4.69) is 31.2 Å². The molecule has 3 aromatic rings. The van der Waals surface area contributed by atoms with E-state index >= 15 is 0 Å². The number of aromatic nitrogens is 2. The standard InChI is InChI=1S/C38H56N6O8/c1-6-26(4)22-40-35(46)21-34(45)31(18-25(2)3)42-37(48)33(20-29-23-39-24-41-29)43-36(47)32(44-38(49)52-17-16-51-15-14-50-5)19-28-12-9-11-27-10-7-8-13-30(27)28/h7-13,23-26,31-34,45H,6,14-22H2,1-5H3,(H,39,41)(H,40,46)(H,42,48)(H,43,47)(H,44,49)/t26?,31-,32-,33-,34-/m0/s1. The fraction of sp³-hybridized carbons (Fsp3) is 0.553. The Morgan fingerprint density at radius 3 is 2.31 bits per heavy atom. The van der Waals surface area contributed by atoms with Crippen molar-refractivity contribution in [2.45, 2.75) is 84.0 Å². The maximum atomic E-state index is 14.1. The van der Waals surface area contributed by atoms with Gasteiger partial charge in [0, 0.05) is 32.7 Å². The van der Waals surface area contributed by atoms with Gasteiger partial charge in [-0.1, -0.05) is 76.6 Å². The number of carbonyl (C=O) groups is 4. The van der Waals surface area contributed by atoms with E-state index in [-0.39, 0.29) is 44.3 Å². The minimum Gasteiger partial charge on any atom is -0.447 e. The number of hydrogen-bond acceptors (Lipinski definition) is 9. The lowest BCUT2D eigenvalue weighted by Crippen LogP contribution is -2.57. The van der Waals surface area contributed by atoms with Crippen molar-refractivity contribution in [2.75, 3.05) is 40.1 Å². The number of imidazole rings is 1. The lowest BCUT2D eigenvalue weighted by Gasteiger charge is -2.29. The summed E-state index contributed by atoms with van der Waals surface area (Å²) >= 11 is 0. The molecule has 2 aromatic carbocycles. The fourth-order valence-electron chi connectivity index (χ4n) is 5.55. The number of aromatic amines is 1. The molecule has 1 aromatic heterocycles. The summed E-state index contributed by atoms with van der Waals surface area (Å²) in [5.41, 5.74) is 1.32. The molecule has 0 saturated carbocycles. The second-order valence-corrected chi connectivity index (χ2v) is 13.4. The third-order valence-corrected chi connectivity index (χ3v) is 8.66. The Morgan fingerprint density at radius 2 is 1.60 bits per heavy atom. The number of rotatable bonds is 23. The van der Waals surface area contributed by atoms with Gasteiger partial charge in [0.05, 0.1) is 50.4 Å². The Bertz CT molecular complexity index is 1530. The summed E-state index contributed by atoms with van der Waals surface area (Å²) in [4.78, 5) is 60.7. The molecule has 6 N–H and O–H groups in total. The van der Waals surface area contributed by atoms with E-state index in [0.717, 1.165) is 22.8 Å². The third kappa shape index (κ3) is 14.6. The predicted octanol–water partition coefficient (Wildman–Crippen LogP) is 3.03. The van der Waals surface area contributed by atoms with E-state index in [1.54, 1.807) is 13.3 Å². The Kier molecular flexibility index (Phi) is 18.1. The van der Waals surface area contributed by atoms with Gasteiger partial charge in [-0.2, -0.15) is 0 Å². The van der Waals surface area contributed by atoms with Gasteiger partial charge in [0.2, 0.25) is 17.7 Å². The number of carbonyl (C=O) groups excluding carboxylic acids is 4. The second-order valence-electron chi connectivity index (χ2n) is 13.4. The Labute approximate surface area is 306 Å². The highest BCUT2D eigenvalue weighted by Crippen LogP contribution is 2.20. The Morgan fingerprint density at radius 1 is 0.885 bits per heavy atom. The predicted molar refractivity (Wildman–Crippen MR) is 197 cm³/mol. The maximum Gasteiger partial charge on any atom is 0.407 e. The molecule has 1 unspecified atom stereocenters. The van der Waals surface area contributed by atoms with Crippen LogP contribution in [0.25, 0.3) is 10.8 Å². The van der Waals surface area contributed by atoms with Crippen LogP contribution in [-0.2, 0) is 41.4 Å². The summed E-state index contributed by atoms with van der Waals surface area (Å²) in [6.45, 7) is 9.30. The number of aliphatic hydroxyl groups is 1. The first kappa shape index (κ1) is 41.9. The number of fused-ring (bicyclic) bond motifs is 1. The smallest absolute Gasteiger partial charge is 0.407 e. The van der Waals surface area contributed by atoms with Crippen molar-refractivity contribution in [2.24, 2.45) is 11.8 Å². The molecular weight excluding hydrogens is 668 g/mol. The number of alkyl carbamates (subject to hydrolysis) is 1. The molecule has 0 bridgehead atoms. The molecule has 5 atom stereocenters. The first-order valence-electron chi connectivity index (χ1n) is 18.0. The average molecular weight is 725 g/mol. The van der Waals surface area contributed by atoms with E-state index in [4.69, 9.17) is 14.2 Å². The maximum absolute atomic E-state index is 14.1. The van der Waals surface area contributed by atoms with Gasteiger partial charge in [0.1, 0.15) is 18.7 Å². The molecule has 286 valence electrons. The van der Waals surface area contributed by atoms with E-state index in [1.807, 2.05) is 70.2 Å². The minimum absolute atomic E-state index is 0.0191. The van der Waals surface area contributed by atoms with Crippen LogP contribution < -0.4 is 21.3 Å². The molecule has 4 amide bonds. The molecule has 0 spiro atoms. The largest absolute Gasteiger partial charge is 0.447 e. The molecule has 0 aliphatic heterocycles. The molecule has 0 aliphatic carbocycles. The number of nitrogens with one attached hydrogen (secondary N) is 5. The molecule has 0 saturated heterocycles. The lowest BCUT2D eigenvalue weighted by atomic mass is 9.96. The van der Waals surface area contributed by atoms with Crippen LogP contribution in [0.4, 0.5) is 4.79 Å². The van der Waals surface area contributed by atoms with Crippen LogP contribution in [-0.4, -0.2) is 103 Å². The summed E-state index contributed by atoms with van der Waals surface area (Å²) in [6, 6.07) is 10.4. The number of hydrogen-bond donors (Lipinski definition) is 6. The van der Waals surface area contributed by atoms with Gasteiger partial charge in [-0.05, 0) is 34.6 Å². The molecule has 3 rings (SSSR count). The fourth-order valence-corrected chi connectivity index (χ4v) is 5.55. The normalized spacial score (nSPS) is 14.2. The SMILES string of the molecule is CCC(C)CNC(=O)C[C@H](O)[C@H](CC(C)C)NC(=O)[C@H](Cc1c[nH]cn1)NC(=O)[C@H](Cc1cccc2ccccc12)NC(=O)OCCOCCOC.